The summed E-state index contributed by atoms with van der Waals surface area (Å²) in [6.45, 7) is 9.83. The lowest BCUT2D eigenvalue weighted by molar-refractivity contribution is 0.00835. The van der Waals surface area contributed by atoms with Crippen LogP contribution in [0.4, 0.5) is 0 Å². The van der Waals surface area contributed by atoms with Crippen LogP contribution in [0, 0.1) is 0 Å². The first kappa shape index (κ1) is 17.0. The normalized spacial score (nSPS) is 14.3. The van der Waals surface area contributed by atoms with Crippen molar-refractivity contribution in [3.8, 4) is 5.75 Å². The summed E-state index contributed by atoms with van der Waals surface area (Å²) in [5.74, 6) is -0.285. The summed E-state index contributed by atoms with van der Waals surface area (Å²) in [4.78, 5) is 12.1. The Balaban J connectivity index is 2.69. The highest BCUT2D eigenvalue weighted by atomic mass is 16.6. The minimum absolute atomic E-state index is 0.123. The lowest BCUT2D eigenvalue weighted by Gasteiger charge is -2.25. The molecule has 0 radical (unpaired) electrons. The van der Waals surface area contributed by atoms with E-state index >= 15 is 0 Å². The Bertz CT molecular complexity index is 514. The topological polar surface area (TPSA) is 46.5 Å². The third-order valence-electron chi connectivity index (χ3n) is 3.55. The SMILES string of the molecule is C=CC(C)(CCC=C(C)CC)OC(=O)c1ccc(O)cc1. The van der Waals surface area contributed by atoms with Gasteiger partial charge < -0.3 is 9.84 Å². The van der Waals surface area contributed by atoms with Gasteiger partial charge in [0, 0.05) is 0 Å². The molecule has 0 bridgehead atoms. The molecule has 3 heteroatoms. The smallest absolute Gasteiger partial charge is 0.338 e. The van der Waals surface area contributed by atoms with Crippen LogP contribution >= 0.6 is 0 Å². The largest absolute Gasteiger partial charge is 0.508 e. The third-order valence-corrected chi connectivity index (χ3v) is 3.55. The van der Waals surface area contributed by atoms with Gasteiger partial charge in [-0.15, -0.1) is 0 Å². The average molecular weight is 288 g/mol. The lowest BCUT2D eigenvalue weighted by Crippen LogP contribution is -2.29. The van der Waals surface area contributed by atoms with Crippen LogP contribution in [-0.2, 0) is 4.74 Å². The number of rotatable bonds is 7. The maximum Gasteiger partial charge on any atom is 0.338 e. The van der Waals surface area contributed by atoms with Crippen molar-refractivity contribution in [1.29, 1.82) is 0 Å². The number of benzene rings is 1. The van der Waals surface area contributed by atoms with Crippen molar-refractivity contribution in [3.05, 3.63) is 54.1 Å². The summed E-state index contributed by atoms with van der Waals surface area (Å²) < 4.78 is 5.56. The van der Waals surface area contributed by atoms with Gasteiger partial charge in [-0.25, -0.2) is 4.79 Å². The maximum atomic E-state index is 12.1. The molecule has 0 spiro atoms. The fraction of sp³-hybridized carbons (Fsp3) is 0.389. The van der Waals surface area contributed by atoms with Gasteiger partial charge >= 0.3 is 5.97 Å². The Labute approximate surface area is 127 Å². The zero-order chi connectivity index (χ0) is 15.9. The monoisotopic (exact) mass is 288 g/mol. The van der Waals surface area contributed by atoms with E-state index in [0.717, 1.165) is 12.8 Å². The van der Waals surface area contributed by atoms with Gasteiger partial charge in [-0.05, 0) is 63.5 Å². The first-order valence-electron chi connectivity index (χ1n) is 7.22. The molecule has 1 atom stereocenters. The first-order valence-corrected chi connectivity index (χ1v) is 7.22. The van der Waals surface area contributed by atoms with Crippen LogP contribution < -0.4 is 0 Å². The second-order valence-corrected chi connectivity index (χ2v) is 5.40. The van der Waals surface area contributed by atoms with Crippen molar-refractivity contribution in [2.24, 2.45) is 0 Å². The summed E-state index contributed by atoms with van der Waals surface area (Å²) in [6.07, 6.45) is 6.39. The Morgan fingerprint density at radius 2 is 2.00 bits per heavy atom. The fourth-order valence-corrected chi connectivity index (χ4v) is 1.81. The fourth-order valence-electron chi connectivity index (χ4n) is 1.81. The van der Waals surface area contributed by atoms with E-state index in [1.54, 1.807) is 18.2 Å². The number of phenols is 1. The van der Waals surface area contributed by atoms with Crippen molar-refractivity contribution >= 4 is 5.97 Å². The van der Waals surface area contributed by atoms with E-state index in [1.165, 1.54) is 17.7 Å². The molecular formula is C18H24O3. The van der Waals surface area contributed by atoms with E-state index in [-0.39, 0.29) is 5.75 Å². The van der Waals surface area contributed by atoms with E-state index in [2.05, 4.69) is 26.5 Å². The van der Waals surface area contributed by atoms with E-state index in [0.29, 0.717) is 12.0 Å². The van der Waals surface area contributed by atoms with Gasteiger partial charge in [0.25, 0.3) is 0 Å². The zero-order valence-corrected chi connectivity index (χ0v) is 13.1. The molecule has 1 unspecified atom stereocenters. The first-order chi connectivity index (χ1) is 9.90. The number of phenolic OH excluding ortho intramolecular Hbond substituents is 1. The highest BCUT2D eigenvalue weighted by Crippen LogP contribution is 2.22. The molecule has 0 aliphatic carbocycles. The molecule has 1 aromatic carbocycles. The Morgan fingerprint density at radius 1 is 1.38 bits per heavy atom. The molecule has 0 saturated carbocycles. The summed E-state index contributed by atoms with van der Waals surface area (Å²) >= 11 is 0. The number of hydrogen-bond donors (Lipinski definition) is 1. The predicted octanol–water partition coefficient (Wildman–Crippen LogP) is 4.63. The molecular weight excluding hydrogens is 264 g/mol. The Morgan fingerprint density at radius 3 is 2.52 bits per heavy atom. The van der Waals surface area contributed by atoms with E-state index in [9.17, 15) is 9.90 Å². The van der Waals surface area contributed by atoms with E-state index in [4.69, 9.17) is 4.74 Å². The lowest BCUT2D eigenvalue weighted by atomic mass is 9.98. The molecule has 0 aliphatic rings. The van der Waals surface area contributed by atoms with Crippen LogP contribution in [0.15, 0.2) is 48.6 Å². The molecule has 0 aliphatic heterocycles. The number of carbonyl (C=O) groups excluding carboxylic acids is 1. The Hall–Kier alpha value is -2.03. The van der Waals surface area contributed by atoms with Gasteiger partial charge in [-0.2, -0.15) is 0 Å². The van der Waals surface area contributed by atoms with Gasteiger partial charge in [0.2, 0.25) is 0 Å². The predicted molar refractivity (Wildman–Crippen MR) is 85.4 cm³/mol. The standard InChI is InChI=1S/C18H24O3/c1-5-14(3)8-7-13-18(4,6-2)21-17(20)15-9-11-16(19)12-10-15/h6,8-12,19H,2,5,7,13H2,1,3-4H3. The van der Waals surface area contributed by atoms with E-state index < -0.39 is 11.6 Å². The van der Waals surface area contributed by atoms with Gasteiger partial charge in [0.15, 0.2) is 0 Å². The van der Waals surface area contributed by atoms with Gasteiger partial charge in [-0.1, -0.05) is 25.2 Å². The minimum atomic E-state index is -0.695. The molecule has 114 valence electrons. The number of aromatic hydroxyl groups is 1. The van der Waals surface area contributed by atoms with Crippen molar-refractivity contribution in [3.63, 3.8) is 0 Å². The van der Waals surface area contributed by atoms with Crippen LogP contribution in [-0.4, -0.2) is 16.7 Å². The number of hydrogen-bond acceptors (Lipinski definition) is 3. The number of ether oxygens (including phenoxy) is 1. The molecule has 1 aromatic rings. The van der Waals surface area contributed by atoms with Crippen LogP contribution in [0.5, 0.6) is 5.75 Å². The van der Waals surface area contributed by atoms with Crippen LogP contribution in [0.2, 0.25) is 0 Å². The number of esters is 1. The summed E-state index contributed by atoms with van der Waals surface area (Å²) in [6, 6.07) is 6.02. The van der Waals surface area contributed by atoms with E-state index in [1.807, 2.05) is 6.92 Å². The Kier molecular flexibility index (Phi) is 6.22. The van der Waals surface area contributed by atoms with Crippen molar-refractivity contribution < 1.29 is 14.6 Å². The summed E-state index contributed by atoms with van der Waals surface area (Å²) in [5.41, 5.74) is 1.05. The molecule has 3 nitrogen and oxygen atoms in total. The summed E-state index contributed by atoms with van der Waals surface area (Å²) in [7, 11) is 0. The highest BCUT2D eigenvalue weighted by molar-refractivity contribution is 5.89. The van der Waals surface area contributed by atoms with Crippen molar-refractivity contribution in [1.82, 2.24) is 0 Å². The summed E-state index contributed by atoms with van der Waals surface area (Å²) in [5, 5.41) is 9.23. The van der Waals surface area contributed by atoms with Gasteiger partial charge in [0.1, 0.15) is 11.4 Å². The van der Waals surface area contributed by atoms with Gasteiger partial charge in [0.05, 0.1) is 5.56 Å². The average Bonchev–Trinajstić information content (AvgIpc) is 2.47. The number of allylic oxidation sites excluding steroid dienone is 2. The minimum Gasteiger partial charge on any atom is -0.508 e. The maximum absolute atomic E-state index is 12.1. The van der Waals surface area contributed by atoms with Crippen LogP contribution in [0.3, 0.4) is 0 Å². The van der Waals surface area contributed by atoms with Crippen molar-refractivity contribution in [2.75, 3.05) is 0 Å². The molecule has 0 heterocycles. The molecule has 0 amide bonds. The van der Waals surface area contributed by atoms with Gasteiger partial charge in [-0.3, -0.25) is 0 Å². The quantitative estimate of drug-likeness (QED) is 0.587. The highest BCUT2D eigenvalue weighted by Gasteiger charge is 2.25. The molecule has 21 heavy (non-hydrogen) atoms. The third kappa shape index (κ3) is 5.46. The molecule has 1 rings (SSSR count). The second kappa shape index (κ2) is 7.67. The molecule has 0 saturated heterocycles. The zero-order valence-electron chi connectivity index (χ0n) is 13.1. The second-order valence-electron chi connectivity index (χ2n) is 5.40. The molecule has 0 aromatic heterocycles. The van der Waals surface area contributed by atoms with Crippen molar-refractivity contribution in [2.45, 2.75) is 45.6 Å². The molecule has 1 N–H and O–H groups in total. The number of carbonyl (C=O) groups is 1. The van der Waals surface area contributed by atoms with Crippen LogP contribution in [0.25, 0.3) is 0 Å². The van der Waals surface area contributed by atoms with Crippen LogP contribution in [0.1, 0.15) is 50.4 Å². The molecule has 0 fully saturated rings.